The SMILES string of the molecule is CSC(Oc1cc(Cl)cc(Cl)c1)C(=O)NC(C)(C)C#CCCCC#N. The molecule has 0 saturated carbocycles. The number of rotatable bonds is 7. The van der Waals surface area contributed by atoms with Crippen LogP contribution in [0.3, 0.4) is 0 Å². The molecule has 0 aromatic heterocycles. The molecule has 0 aliphatic rings. The molecule has 1 unspecified atom stereocenters. The lowest BCUT2D eigenvalue weighted by molar-refractivity contribution is -0.125. The molecule has 25 heavy (non-hydrogen) atoms. The van der Waals surface area contributed by atoms with Crippen LogP contribution >= 0.6 is 35.0 Å². The lowest BCUT2D eigenvalue weighted by atomic mass is 10.1. The van der Waals surface area contributed by atoms with E-state index in [1.807, 2.05) is 13.8 Å². The number of amides is 1. The van der Waals surface area contributed by atoms with Crippen molar-refractivity contribution >= 4 is 40.9 Å². The van der Waals surface area contributed by atoms with Crippen molar-refractivity contribution < 1.29 is 9.53 Å². The van der Waals surface area contributed by atoms with Gasteiger partial charge in [0.2, 0.25) is 5.44 Å². The highest BCUT2D eigenvalue weighted by Crippen LogP contribution is 2.26. The van der Waals surface area contributed by atoms with Crippen molar-refractivity contribution in [2.75, 3.05) is 6.26 Å². The first-order valence-corrected chi connectivity index (χ1v) is 9.66. The first-order valence-electron chi connectivity index (χ1n) is 7.62. The van der Waals surface area contributed by atoms with Gasteiger partial charge >= 0.3 is 0 Å². The fourth-order valence-electron chi connectivity index (χ4n) is 1.87. The highest BCUT2D eigenvalue weighted by Gasteiger charge is 2.25. The van der Waals surface area contributed by atoms with Crippen LogP contribution in [-0.4, -0.2) is 23.1 Å². The van der Waals surface area contributed by atoms with Crippen molar-refractivity contribution in [1.29, 1.82) is 5.26 Å². The summed E-state index contributed by atoms with van der Waals surface area (Å²) in [6.45, 7) is 3.63. The molecule has 0 aliphatic carbocycles. The summed E-state index contributed by atoms with van der Waals surface area (Å²) < 4.78 is 5.69. The summed E-state index contributed by atoms with van der Waals surface area (Å²) in [5, 5.41) is 12.2. The summed E-state index contributed by atoms with van der Waals surface area (Å²) in [4.78, 5) is 12.5. The van der Waals surface area contributed by atoms with Crippen molar-refractivity contribution in [3.63, 3.8) is 0 Å². The van der Waals surface area contributed by atoms with Crippen molar-refractivity contribution in [2.45, 2.75) is 44.1 Å². The Hall–Kier alpha value is -1.53. The van der Waals surface area contributed by atoms with E-state index in [0.29, 0.717) is 28.6 Å². The average Bonchev–Trinajstić information content (AvgIpc) is 2.50. The fourth-order valence-corrected chi connectivity index (χ4v) is 2.85. The van der Waals surface area contributed by atoms with Crippen LogP contribution in [0.25, 0.3) is 0 Å². The van der Waals surface area contributed by atoms with E-state index in [9.17, 15) is 4.79 Å². The molecule has 0 bridgehead atoms. The molecule has 4 nitrogen and oxygen atoms in total. The van der Waals surface area contributed by atoms with Crippen molar-refractivity contribution in [1.82, 2.24) is 5.32 Å². The quantitative estimate of drug-likeness (QED) is 0.412. The summed E-state index contributed by atoms with van der Waals surface area (Å²) in [5.74, 6) is 6.13. The van der Waals surface area contributed by atoms with Gasteiger partial charge in [0.1, 0.15) is 5.75 Å². The molecular formula is C18H20Cl2N2O2S. The number of carbonyl (C=O) groups is 1. The van der Waals surface area contributed by atoms with Crippen LogP contribution < -0.4 is 10.1 Å². The minimum atomic E-state index is -0.755. The zero-order chi connectivity index (χ0) is 18.9. The van der Waals surface area contributed by atoms with E-state index >= 15 is 0 Å². The Kier molecular flexibility index (Phi) is 9.00. The standard InChI is InChI=1S/C18H20Cl2N2O2S/c1-18(2,8-6-4-5-7-9-21)22-16(23)17(25-3)24-15-11-13(19)10-14(20)12-15/h10-12,17H,4-5,7H2,1-3H3,(H,22,23). The first-order chi connectivity index (χ1) is 11.8. The second-order valence-corrected chi connectivity index (χ2v) is 7.49. The number of nitriles is 1. The van der Waals surface area contributed by atoms with Crippen LogP contribution in [0.1, 0.15) is 33.1 Å². The Morgan fingerprint density at radius 2 is 1.96 bits per heavy atom. The maximum Gasteiger partial charge on any atom is 0.272 e. The Morgan fingerprint density at radius 1 is 1.32 bits per heavy atom. The van der Waals surface area contributed by atoms with Gasteiger partial charge in [0.15, 0.2) is 0 Å². The van der Waals surface area contributed by atoms with E-state index in [2.05, 4.69) is 23.2 Å². The molecule has 1 atom stereocenters. The van der Waals surface area contributed by atoms with Gasteiger partial charge in [0.05, 0.1) is 11.6 Å². The molecule has 1 aromatic carbocycles. The van der Waals surface area contributed by atoms with E-state index in [4.69, 9.17) is 33.2 Å². The van der Waals surface area contributed by atoms with Gasteiger partial charge in [-0.15, -0.1) is 17.7 Å². The molecule has 0 saturated heterocycles. The number of benzene rings is 1. The molecule has 1 N–H and O–H groups in total. The molecule has 1 aromatic rings. The van der Waals surface area contributed by atoms with Crippen molar-refractivity contribution in [2.24, 2.45) is 0 Å². The van der Waals surface area contributed by atoms with Gasteiger partial charge in [-0.1, -0.05) is 29.1 Å². The third-order valence-electron chi connectivity index (χ3n) is 2.93. The smallest absolute Gasteiger partial charge is 0.272 e. The second kappa shape index (κ2) is 10.5. The monoisotopic (exact) mass is 398 g/mol. The number of hydrogen-bond acceptors (Lipinski definition) is 4. The number of ether oxygens (including phenoxy) is 1. The number of halogens is 2. The lowest BCUT2D eigenvalue weighted by Crippen LogP contribution is -2.47. The Labute approximate surface area is 163 Å². The number of nitrogens with one attached hydrogen (secondary N) is 1. The van der Waals surface area contributed by atoms with Gasteiger partial charge < -0.3 is 10.1 Å². The molecule has 0 radical (unpaired) electrons. The number of thioether (sulfide) groups is 1. The summed E-state index contributed by atoms with van der Waals surface area (Å²) >= 11 is 13.1. The van der Waals surface area contributed by atoms with Gasteiger partial charge in [-0.3, -0.25) is 4.79 Å². The van der Waals surface area contributed by atoms with E-state index in [-0.39, 0.29) is 5.91 Å². The lowest BCUT2D eigenvalue weighted by Gasteiger charge is -2.24. The highest BCUT2D eigenvalue weighted by molar-refractivity contribution is 7.99. The van der Waals surface area contributed by atoms with Crippen LogP contribution in [0.4, 0.5) is 0 Å². The van der Waals surface area contributed by atoms with Crippen LogP contribution in [-0.2, 0) is 4.79 Å². The second-order valence-electron chi connectivity index (χ2n) is 5.72. The third kappa shape index (κ3) is 8.40. The summed E-state index contributed by atoms with van der Waals surface area (Å²) in [6, 6.07) is 6.87. The molecule has 0 fully saturated rings. The molecule has 134 valence electrons. The zero-order valence-corrected chi connectivity index (χ0v) is 16.7. The van der Waals surface area contributed by atoms with Gasteiger partial charge in [-0.2, -0.15) is 5.26 Å². The van der Waals surface area contributed by atoms with Crippen molar-refractivity contribution in [3.8, 4) is 23.7 Å². The predicted octanol–water partition coefficient (Wildman–Crippen LogP) is 4.65. The third-order valence-corrected chi connectivity index (χ3v) is 4.11. The van der Waals surface area contributed by atoms with Crippen LogP contribution in [0, 0.1) is 23.2 Å². The zero-order valence-electron chi connectivity index (χ0n) is 14.4. The number of hydrogen-bond donors (Lipinski definition) is 1. The molecule has 0 aliphatic heterocycles. The Morgan fingerprint density at radius 3 is 2.52 bits per heavy atom. The predicted molar refractivity (Wildman–Crippen MR) is 104 cm³/mol. The van der Waals surface area contributed by atoms with E-state index < -0.39 is 11.0 Å². The van der Waals surface area contributed by atoms with Gasteiger partial charge in [-0.25, -0.2) is 0 Å². The van der Waals surface area contributed by atoms with Gasteiger partial charge in [-0.05, 0) is 44.7 Å². The van der Waals surface area contributed by atoms with Crippen molar-refractivity contribution in [3.05, 3.63) is 28.2 Å². The highest BCUT2D eigenvalue weighted by atomic mass is 35.5. The topological polar surface area (TPSA) is 62.1 Å². The van der Waals surface area contributed by atoms with E-state index in [1.54, 1.807) is 24.5 Å². The number of carbonyl (C=O) groups excluding carboxylic acids is 1. The van der Waals surface area contributed by atoms with Crippen LogP contribution in [0.5, 0.6) is 5.75 Å². The summed E-state index contributed by atoms with van der Waals surface area (Å²) in [5.41, 5.74) is -1.46. The molecular weight excluding hydrogens is 379 g/mol. The van der Waals surface area contributed by atoms with E-state index in [0.717, 1.165) is 6.42 Å². The minimum Gasteiger partial charge on any atom is -0.470 e. The minimum absolute atomic E-state index is 0.292. The Balaban J connectivity index is 2.70. The normalized spacial score (nSPS) is 11.7. The molecule has 1 rings (SSSR count). The number of unbranched alkanes of at least 4 members (excludes halogenated alkanes) is 2. The van der Waals surface area contributed by atoms with E-state index in [1.165, 1.54) is 11.8 Å². The molecule has 1 amide bonds. The Bertz CT molecular complexity index is 685. The summed E-state index contributed by atoms with van der Waals surface area (Å²) in [7, 11) is 0. The fraction of sp³-hybridized carbons (Fsp3) is 0.444. The van der Waals surface area contributed by atoms with Gasteiger partial charge in [0.25, 0.3) is 5.91 Å². The first kappa shape index (κ1) is 21.5. The number of nitrogens with zero attached hydrogens (tertiary/aromatic N) is 1. The van der Waals surface area contributed by atoms with Gasteiger partial charge in [0, 0.05) is 22.9 Å². The maximum atomic E-state index is 12.5. The molecule has 0 heterocycles. The van der Waals surface area contributed by atoms with Crippen LogP contribution in [0.2, 0.25) is 10.0 Å². The average molecular weight is 399 g/mol. The summed E-state index contributed by atoms with van der Waals surface area (Å²) in [6.07, 6.45) is 3.60. The largest absolute Gasteiger partial charge is 0.470 e. The van der Waals surface area contributed by atoms with Crippen LogP contribution in [0.15, 0.2) is 18.2 Å². The maximum absolute atomic E-state index is 12.5. The molecule has 0 spiro atoms. The molecule has 7 heteroatoms.